The van der Waals surface area contributed by atoms with Crippen LogP contribution in [-0.4, -0.2) is 0 Å². The van der Waals surface area contributed by atoms with Crippen molar-refractivity contribution in [2.24, 2.45) is 0 Å². The Balaban J connectivity index is 2.31. The number of aryl methyl sites for hydroxylation is 1. The smallest absolute Gasteiger partial charge is 0.153 e. The first-order valence-electron chi connectivity index (χ1n) is 4.95. The zero-order chi connectivity index (χ0) is 11.5. The molecule has 0 amide bonds. The van der Waals surface area contributed by atoms with Gasteiger partial charge in [-0.15, -0.1) is 0 Å². The van der Waals surface area contributed by atoms with Gasteiger partial charge < -0.3 is 10.5 Å². The lowest BCUT2D eigenvalue weighted by molar-refractivity contribution is 0.480. The van der Waals surface area contributed by atoms with Crippen molar-refractivity contribution in [1.82, 2.24) is 0 Å². The standard InChI is InChI=1S/C13H12FNO/c1-9-4-2-5-10(8-9)16-12-7-3-6-11(14)13(12)15/h2-8H,15H2,1H3. The maximum absolute atomic E-state index is 13.2. The second kappa shape index (κ2) is 4.23. The van der Waals surface area contributed by atoms with Crippen molar-refractivity contribution in [3.8, 4) is 11.5 Å². The van der Waals surface area contributed by atoms with Gasteiger partial charge in [0, 0.05) is 0 Å². The minimum atomic E-state index is -0.467. The summed E-state index contributed by atoms with van der Waals surface area (Å²) in [6.07, 6.45) is 0. The van der Waals surface area contributed by atoms with E-state index in [9.17, 15) is 4.39 Å². The van der Waals surface area contributed by atoms with E-state index < -0.39 is 5.82 Å². The van der Waals surface area contributed by atoms with E-state index in [1.807, 2.05) is 25.1 Å². The first-order chi connectivity index (χ1) is 7.66. The monoisotopic (exact) mass is 217 g/mol. The zero-order valence-electron chi connectivity index (χ0n) is 8.91. The van der Waals surface area contributed by atoms with Gasteiger partial charge in [-0.2, -0.15) is 0 Å². The van der Waals surface area contributed by atoms with E-state index >= 15 is 0 Å². The van der Waals surface area contributed by atoms with Crippen LogP contribution in [0, 0.1) is 12.7 Å². The maximum atomic E-state index is 13.2. The topological polar surface area (TPSA) is 35.2 Å². The molecular formula is C13H12FNO. The molecule has 3 heteroatoms. The lowest BCUT2D eigenvalue weighted by Crippen LogP contribution is -1.95. The van der Waals surface area contributed by atoms with Crippen LogP contribution < -0.4 is 10.5 Å². The van der Waals surface area contributed by atoms with Crippen molar-refractivity contribution in [3.63, 3.8) is 0 Å². The molecule has 0 bridgehead atoms. The summed E-state index contributed by atoms with van der Waals surface area (Å²) < 4.78 is 18.7. The van der Waals surface area contributed by atoms with E-state index in [-0.39, 0.29) is 5.69 Å². The number of hydrogen-bond donors (Lipinski definition) is 1. The fraction of sp³-hybridized carbons (Fsp3) is 0.0769. The molecule has 0 aromatic heterocycles. The van der Waals surface area contributed by atoms with Gasteiger partial charge in [0.25, 0.3) is 0 Å². The Labute approximate surface area is 93.5 Å². The highest BCUT2D eigenvalue weighted by Crippen LogP contribution is 2.29. The van der Waals surface area contributed by atoms with Crippen LogP contribution in [0.3, 0.4) is 0 Å². The van der Waals surface area contributed by atoms with Gasteiger partial charge in [0.05, 0.1) is 0 Å². The van der Waals surface area contributed by atoms with E-state index in [1.54, 1.807) is 18.2 Å². The van der Waals surface area contributed by atoms with Gasteiger partial charge in [0.2, 0.25) is 0 Å². The van der Waals surface area contributed by atoms with Crippen LogP contribution in [-0.2, 0) is 0 Å². The Kier molecular flexibility index (Phi) is 2.77. The van der Waals surface area contributed by atoms with Crippen LogP contribution in [0.15, 0.2) is 42.5 Å². The fourth-order valence-corrected chi connectivity index (χ4v) is 1.41. The van der Waals surface area contributed by atoms with Crippen LogP contribution in [0.1, 0.15) is 5.56 Å². The molecule has 2 aromatic carbocycles. The van der Waals surface area contributed by atoms with Gasteiger partial charge in [0.15, 0.2) is 5.75 Å². The highest BCUT2D eigenvalue weighted by atomic mass is 19.1. The predicted octanol–water partition coefficient (Wildman–Crippen LogP) is 3.51. The zero-order valence-corrected chi connectivity index (χ0v) is 8.91. The summed E-state index contributed by atoms with van der Waals surface area (Å²) in [5, 5.41) is 0. The molecule has 82 valence electrons. The van der Waals surface area contributed by atoms with Crippen molar-refractivity contribution in [2.45, 2.75) is 6.92 Å². The first-order valence-corrected chi connectivity index (χ1v) is 4.95. The largest absolute Gasteiger partial charge is 0.455 e. The number of ether oxygens (including phenoxy) is 1. The lowest BCUT2D eigenvalue weighted by Gasteiger charge is -2.09. The number of para-hydroxylation sites is 1. The average molecular weight is 217 g/mol. The van der Waals surface area contributed by atoms with Crippen molar-refractivity contribution in [2.75, 3.05) is 5.73 Å². The van der Waals surface area contributed by atoms with Gasteiger partial charge in [-0.3, -0.25) is 0 Å². The average Bonchev–Trinajstić information content (AvgIpc) is 2.25. The molecule has 16 heavy (non-hydrogen) atoms. The molecular weight excluding hydrogens is 205 g/mol. The van der Waals surface area contributed by atoms with Gasteiger partial charge >= 0.3 is 0 Å². The molecule has 2 aromatic rings. The van der Waals surface area contributed by atoms with E-state index in [2.05, 4.69) is 0 Å². The number of benzene rings is 2. The molecule has 0 radical (unpaired) electrons. The third-order valence-electron chi connectivity index (χ3n) is 2.23. The number of rotatable bonds is 2. The number of nitrogen functional groups attached to an aromatic ring is 1. The summed E-state index contributed by atoms with van der Waals surface area (Å²) in [5.74, 6) is 0.521. The molecule has 0 fully saturated rings. The third kappa shape index (κ3) is 2.14. The molecule has 0 saturated carbocycles. The Bertz CT molecular complexity index is 511. The Hall–Kier alpha value is -2.03. The second-order valence-electron chi connectivity index (χ2n) is 3.57. The Morgan fingerprint density at radius 2 is 1.88 bits per heavy atom. The number of nitrogens with two attached hydrogens (primary N) is 1. The number of halogens is 1. The first kappa shape index (κ1) is 10.5. The maximum Gasteiger partial charge on any atom is 0.153 e. The summed E-state index contributed by atoms with van der Waals surface area (Å²) >= 11 is 0. The second-order valence-corrected chi connectivity index (χ2v) is 3.57. The van der Waals surface area contributed by atoms with Crippen LogP contribution in [0.4, 0.5) is 10.1 Å². The molecule has 0 aliphatic rings. The van der Waals surface area contributed by atoms with Gasteiger partial charge in [-0.05, 0) is 36.8 Å². The minimum Gasteiger partial charge on any atom is -0.455 e. The Morgan fingerprint density at radius 3 is 2.62 bits per heavy atom. The molecule has 0 unspecified atom stereocenters. The molecule has 0 spiro atoms. The van der Waals surface area contributed by atoms with Crippen molar-refractivity contribution < 1.29 is 9.13 Å². The van der Waals surface area contributed by atoms with Crippen molar-refractivity contribution in [3.05, 3.63) is 53.8 Å². The highest BCUT2D eigenvalue weighted by Gasteiger charge is 2.06. The summed E-state index contributed by atoms with van der Waals surface area (Å²) in [4.78, 5) is 0. The van der Waals surface area contributed by atoms with E-state index in [4.69, 9.17) is 10.5 Å². The lowest BCUT2D eigenvalue weighted by atomic mass is 10.2. The summed E-state index contributed by atoms with van der Waals surface area (Å²) in [5.41, 5.74) is 6.68. The Morgan fingerprint density at radius 1 is 1.12 bits per heavy atom. The highest BCUT2D eigenvalue weighted by molar-refractivity contribution is 5.54. The van der Waals surface area contributed by atoms with Crippen molar-refractivity contribution in [1.29, 1.82) is 0 Å². The van der Waals surface area contributed by atoms with Crippen molar-refractivity contribution >= 4 is 5.69 Å². The van der Waals surface area contributed by atoms with Crippen LogP contribution >= 0.6 is 0 Å². The molecule has 2 N–H and O–H groups in total. The number of anilines is 1. The summed E-state index contributed by atoms with van der Waals surface area (Å²) in [7, 11) is 0. The summed E-state index contributed by atoms with van der Waals surface area (Å²) in [6, 6.07) is 12.0. The fourth-order valence-electron chi connectivity index (χ4n) is 1.41. The molecule has 2 rings (SSSR count). The molecule has 2 nitrogen and oxygen atoms in total. The molecule has 0 atom stereocenters. The third-order valence-corrected chi connectivity index (χ3v) is 2.23. The van der Waals surface area contributed by atoms with Gasteiger partial charge in [-0.25, -0.2) is 4.39 Å². The minimum absolute atomic E-state index is 0.0315. The van der Waals surface area contributed by atoms with E-state index in [1.165, 1.54) is 6.07 Å². The van der Waals surface area contributed by atoms with Gasteiger partial charge in [0.1, 0.15) is 17.3 Å². The normalized spacial score (nSPS) is 10.1. The van der Waals surface area contributed by atoms with Gasteiger partial charge in [-0.1, -0.05) is 18.2 Å². The number of hydrogen-bond acceptors (Lipinski definition) is 2. The molecule has 0 aliphatic heterocycles. The van der Waals surface area contributed by atoms with Crippen LogP contribution in [0.2, 0.25) is 0 Å². The SMILES string of the molecule is Cc1cccc(Oc2cccc(F)c2N)c1. The quantitative estimate of drug-likeness (QED) is 0.781. The van der Waals surface area contributed by atoms with E-state index in [0.717, 1.165) is 5.56 Å². The summed E-state index contributed by atoms with van der Waals surface area (Å²) in [6.45, 7) is 1.96. The predicted molar refractivity (Wildman–Crippen MR) is 62.1 cm³/mol. The molecule has 0 heterocycles. The molecule has 0 aliphatic carbocycles. The van der Waals surface area contributed by atoms with E-state index in [0.29, 0.717) is 11.5 Å². The van der Waals surface area contributed by atoms with Crippen LogP contribution in [0.25, 0.3) is 0 Å². The van der Waals surface area contributed by atoms with Crippen LogP contribution in [0.5, 0.6) is 11.5 Å². The molecule has 0 saturated heterocycles.